The van der Waals surface area contributed by atoms with Crippen LogP contribution in [-0.2, 0) is 43.2 Å². The van der Waals surface area contributed by atoms with Crippen LogP contribution < -0.4 is 43.0 Å². The Morgan fingerprint density at radius 1 is 0.577 bits per heavy atom. The van der Waals surface area contributed by atoms with Gasteiger partial charge in [0.15, 0.2) is 5.96 Å². The van der Waals surface area contributed by atoms with E-state index in [1.165, 1.54) is 0 Å². The molecule has 22 heteroatoms. The number of aliphatic carboxylic acids is 4. The van der Waals surface area contributed by atoms with Crippen molar-refractivity contribution in [1.82, 2.24) is 37.2 Å². The largest absolute Gasteiger partial charge is 0.481 e. The van der Waals surface area contributed by atoms with Gasteiger partial charge in [-0.2, -0.15) is 0 Å². The highest BCUT2D eigenvalue weighted by atomic mass is 16.4. The molecule has 0 saturated carbocycles. The number of guanidine groups is 1. The predicted molar refractivity (Wildman–Crippen MR) is 180 cm³/mol. The number of rotatable bonds is 25. The van der Waals surface area contributed by atoms with Gasteiger partial charge < -0.3 is 63.4 Å². The first kappa shape index (κ1) is 46.5. The van der Waals surface area contributed by atoms with E-state index in [9.17, 15) is 58.5 Å². The minimum Gasteiger partial charge on any atom is -0.481 e. The summed E-state index contributed by atoms with van der Waals surface area (Å²) in [6.45, 7) is 7.41. The molecule has 52 heavy (non-hydrogen) atoms. The van der Waals surface area contributed by atoms with Gasteiger partial charge in [-0.15, -0.1) is 0 Å². The van der Waals surface area contributed by atoms with Crippen molar-refractivity contribution in [3.8, 4) is 0 Å². The van der Waals surface area contributed by atoms with Gasteiger partial charge in [-0.05, 0) is 59.4 Å². The van der Waals surface area contributed by atoms with E-state index in [-0.39, 0.29) is 31.3 Å². The summed E-state index contributed by atoms with van der Waals surface area (Å²) in [6.07, 6.45) is -2.37. The molecule has 0 aliphatic carbocycles. The standard InChI is InChI=1S/C30H51N9O13/c1-15(40)35-18(12-21(41)42)25(48)36-16(9-7-10-33-29(31)32)24(47)38-20(14-23(45)46)27(50)39-19(13-22(43)44)26(49)37-17(28(51)52)8-5-6-11-34-30(2,3)4/h16-20,34H,5-14H2,1-4H3,(H,35,40)(H,36,48)(H,37,49)(H,38,47)(H,39,50)(H,41,42)(H,43,44)(H,45,46)(H,51,52)(H4,31,32,33)/t16-,17-,18-,19-,20-/m0/s1. The lowest BCUT2D eigenvalue weighted by Gasteiger charge is -2.26. The van der Waals surface area contributed by atoms with E-state index in [1.54, 1.807) is 0 Å². The Morgan fingerprint density at radius 2 is 0.962 bits per heavy atom. The van der Waals surface area contributed by atoms with Crippen molar-refractivity contribution in [2.75, 3.05) is 13.1 Å². The molecule has 0 saturated heterocycles. The van der Waals surface area contributed by atoms with Crippen LogP contribution in [0.2, 0.25) is 0 Å². The smallest absolute Gasteiger partial charge is 0.326 e. The average Bonchev–Trinajstić information content (AvgIpc) is 2.98. The predicted octanol–water partition coefficient (Wildman–Crippen LogP) is -3.24. The third kappa shape index (κ3) is 21.5. The van der Waals surface area contributed by atoms with Gasteiger partial charge in [-0.1, -0.05) is 0 Å². The molecule has 0 radical (unpaired) electrons. The molecule has 0 fully saturated rings. The number of carboxylic acids is 4. The molecule has 0 aromatic heterocycles. The van der Waals surface area contributed by atoms with Crippen molar-refractivity contribution in [1.29, 1.82) is 5.41 Å². The maximum absolute atomic E-state index is 13.4. The van der Waals surface area contributed by atoms with Gasteiger partial charge in [0.05, 0.1) is 19.3 Å². The van der Waals surface area contributed by atoms with Crippen LogP contribution in [0.3, 0.4) is 0 Å². The van der Waals surface area contributed by atoms with Crippen LogP contribution in [0.1, 0.15) is 79.1 Å². The molecule has 22 nitrogen and oxygen atoms in total. The lowest BCUT2D eigenvalue weighted by molar-refractivity contribution is -0.145. The van der Waals surface area contributed by atoms with Crippen molar-refractivity contribution in [3.05, 3.63) is 0 Å². The maximum Gasteiger partial charge on any atom is 0.326 e. The first-order chi connectivity index (χ1) is 24.0. The summed E-state index contributed by atoms with van der Waals surface area (Å²) >= 11 is 0. The third-order valence-electron chi connectivity index (χ3n) is 6.90. The fourth-order valence-electron chi connectivity index (χ4n) is 4.48. The molecule has 0 rings (SSSR count). The van der Waals surface area contributed by atoms with Crippen LogP contribution in [0.15, 0.2) is 0 Å². The SMILES string of the molecule is CC(=O)N[C@@H](CC(=O)O)C(=O)N[C@@H](CCCNC(=N)N)C(=O)N[C@@H](CC(=O)O)C(=O)N[C@@H](CC(=O)O)C(=O)N[C@@H](CCCCNC(C)(C)C)C(=O)O. The van der Waals surface area contributed by atoms with Crippen LogP contribution in [0, 0.1) is 5.41 Å². The zero-order chi connectivity index (χ0) is 40.2. The zero-order valence-electron chi connectivity index (χ0n) is 29.5. The van der Waals surface area contributed by atoms with E-state index >= 15 is 0 Å². The summed E-state index contributed by atoms with van der Waals surface area (Å²) in [5.41, 5.74) is 5.06. The van der Waals surface area contributed by atoms with Crippen LogP contribution in [0.5, 0.6) is 0 Å². The average molecular weight is 746 g/mol. The molecule has 0 bridgehead atoms. The van der Waals surface area contributed by atoms with Gasteiger partial charge in [-0.3, -0.25) is 43.8 Å². The fourth-order valence-corrected chi connectivity index (χ4v) is 4.48. The molecule has 0 aromatic rings. The van der Waals surface area contributed by atoms with E-state index in [1.807, 2.05) is 26.1 Å². The molecule has 5 atom stereocenters. The highest BCUT2D eigenvalue weighted by Crippen LogP contribution is 2.07. The van der Waals surface area contributed by atoms with Gasteiger partial charge >= 0.3 is 23.9 Å². The van der Waals surface area contributed by atoms with Crippen molar-refractivity contribution in [3.63, 3.8) is 0 Å². The highest BCUT2D eigenvalue weighted by molar-refractivity contribution is 5.98. The van der Waals surface area contributed by atoms with Crippen LogP contribution in [0.25, 0.3) is 0 Å². The van der Waals surface area contributed by atoms with E-state index in [0.29, 0.717) is 19.4 Å². The van der Waals surface area contributed by atoms with Gasteiger partial charge in [0.25, 0.3) is 0 Å². The van der Waals surface area contributed by atoms with Crippen molar-refractivity contribution in [2.45, 2.75) is 115 Å². The summed E-state index contributed by atoms with van der Waals surface area (Å²) in [7, 11) is 0. The normalized spacial score (nSPS) is 13.8. The molecular weight excluding hydrogens is 694 g/mol. The summed E-state index contributed by atoms with van der Waals surface area (Å²) < 4.78 is 0. The number of nitrogens with two attached hydrogens (primary N) is 1. The van der Waals surface area contributed by atoms with Gasteiger partial charge in [-0.25, -0.2) is 4.79 Å². The first-order valence-corrected chi connectivity index (χ1v) is 16.2. The molecule has 0 unspecified atom stereocenters. The van der Waals surface area contributed by atoms with Gasteiger partial charge in [0.2, 0.25) is 29.5 Å². The van der Waals surface area contributed by atoms with Gasteiger partial charge in [0.1, 0.15) is 30.2 Å². The number of carbonyl (C=O) groups excluding carboxylic acids is 5. The number of carboxylic acid groups (broad SMARTS) is 4. The zero-order valence-corrected chi connectivity index (χ0v) is 29.5. The second-order valence-corrected chi connectivity index (χ2v) is 12.8. The van der Waals surface area contributed by atoms with Crippen molar-refractivity contribution in [2.24, 2.45) is 5.73 Å². The summed E-state index contributed by atoms with van der Waals surface area (Å²) in [5, 5.41) is 61.2. The van der Waals surface area contributed by atoms with Crippen LogP contribution in [0.4, 0.5) is 0 Å². The molecule has 0 aliphatic rings. The Kier molecular flexibility index (Phi) is 20.6. The number of unbranched alkanes of at least 4 members (excludes halogenated alkanes) is 1. The Morgan fingerprint density at radius 3 is 1.35 bits per heavy atom. The van der Waals surface area contributed by atoms with E-state index in [4.69, 9.17) is 16.2 Å². The third-order valence-corrected chi connectivity index (χ3v) is 6.90. The Bertz CT molecular complexity index is 1300. The second-order valence-electron chi connectivity index (χ2n) is 12.8. The van der Waals surface area contributed by atoms with Crippen molar-refractivity contribution >= 4 is 59.4 Å². The molecule has 0 aliphatic heterocycles. The molecular formula is C30H51N9O13. The molecule has 0 spiro atoms. The fraction of sp³-hybridized carbons (Fsp3) is 0.667. The molecule has 5 amide bonds. The van der Waals surface area contributed by atoms with Crippen molar-refractivity contribution < 1.29 is 63.6 Å². The quantitative estimate of drug-likeness (QED) is 0.0248. The van der Waals surface area contributed by atoms with Gasteiger partial charge in [0, 0.05) is 19.0 Å². The minimum atomic E-state index is -1.97. The van der Waals surface area contributed by atoms with Crippen LogP contribution >= 0.6 is 0 Å². The number of hydrogen-bond donors (Lipinski definition) is 13. The van der Waals surface area contributed by atoms with E-state index < -0.39 is 109 Å². The number of hydrogen-bond acceptors (Lipinski definition) is 11. The molecule has 0 heterocycles. The molecule has 14 N–H and O–H groups in total. The number of carbonyl (C=O) groups is 9. The molecule has 0 aromatic carbocycles. The topological polar surface area (TPSA) is 369 Å². The Labute approximate surface area is 299 Å². The lowest BCUT2D eigenvalue weighted by atomic mass is 10.1. The first-order valence-electron chi connectivity index (χ1n) is 16.2. The number of amides is 5. The monoisotopic (exact) mass is 745 g/mol. The summed E-state index contributed by atoms with van der Waals surface area (Å²) in [5.74, 6) is -12.1. The number of nitrogens with one attached hydrogen (secondary N) is 8. The maximum atomic E-state index is 13.4. The lowest BCUT2D eigenvalue weighted by Crippen LogP contribution is -2.59. The van der Waals surface area contributed by atoms with E-state index in [2.05, 4.69) is 31.9 Å². The van der Waals surface area contributed by atoms with E-state index in [0.717, 1.165) is 6.92 Å². The summed E-state index contributed by atoms with van der Waals surface area (Å²) in [6, 6.07) is -8.56. The minimum absolute atomic E-state index is 0.00932. The Balaban J connectivity index is 6.07. The van der Waals surface area contributed by atoms with Crippen LogP contribution in [-0.4, -0.2) is 129 Å². The second kappa shape index (κ2) is 23.0. The summed E-state index contributed by atoms with van der Waals surface area (Å²) in [4.78, 5) is 110. The highest BCUT2D eigenvalue weighted by Gasteiger charge is 2.34. The molecule has 294 valence electrons. The Hall–Kier alpha value is -5.54.